The summed E-state index contributed by atoms with van der Waals surface area (Å²) in [5.41, 5.74) is 1.75. The Morgan fingerprint density at radius 1 is 1.12 bits per heavy atom. The van der Waals surface area contributed by atoms with Crippen molar-refractivity contribution in [3.05, 3.63) is 60.3 Å². The molecule has 0 aliphatic carbocycles. The first kappa shape index (κ1) is 17.5. The summed E-state index contributed by atoms with van der Waals surface area (Å²) in [5, 5.41) is 3.62. The van der Waals surface area contributed by atoms with Crippen molar-refractivity contribution in [2.45, 2.75) is 20.0 Å². The van der Waals surface area contributed by atoms with Crippen LogP contribution in [0.4, 0.5) is 5.69 Å². The minimum absolute atomic E-state index is 0.312. The number of ether oxygens (including phenoxy) is 2. The summed E-state index contributed by atoms with van der Waals surface area (Å²) in [6, 6.07) is 16.2. The lowest BCUT2D eigenvalue weighted by atomic mass is 10.2. The Bertz CT molecular complexity index is 882. The molecule has 6 heteroatoms. The third-order valence-electron chi connectivity index (χ3n) is 3.84. The number of esters is 1. The highest BCUT2D eigenvalue weighted by molar-refractivity contribution is 5.98. The summed E-state index contributed by atoms with van der Waals surface area (Å²) in [4.78, 5) is 27.5. The van der Waals surface area contributed by atoms with Crippen LogP contribution in [0.25, 0.3) is 10.9 Å². The van der Waals surface area contributed by atoms with E-state index in [9.17, 15) is 9.59 Å². The highest BCUT2D eigenvalue weighted by atomic mass is 16.5. The predicted molar refractivity (Wildman–Crippen MR) is 99.4 cm³/mol. The number of para-hydroxylation sites is 1. The van der Waals surface area contributed by atoms with E-state index in [2.05, 4.69) is 10.3 Å². The van der Waals surface area contributed by atoms with Crippen LogP contribution in [0.1, 0.15) is 24.3 Å². The zero-order valence-corrected chi connectivity index (χ0v) is 14.6. The number of carbonyl (C=O) groups is 2. The molecular weight excluding hydrogens is 332 g/mol. The average molecular weight is 352 g/mol. The SMILES string of the molecule is CCOc1ccc(NC(=O)[C@@H](C)OC(=O)c2cc3ccccc3[nH]2)cc1. The molecule has 1 atom stereocenters. The number of H-pyrrole nitrogens is 1. The molecule has 134 valence electrons. The number of hydrogen-bond acceptors (Lipinski definition) is 4. The molecule has 3 rings (SSSR count). The first-order chi connectivity index (χ1) is 12.6. The molecule has 1 aromatic heterocycles. The summed E-state index contributed by atoms with van der Waals surface area (Å²) in [5.74, 6) is -0.252. The van der Waals surface area contributed by atoms with Crippen LogP contribution in [0.2, 0.25) is 0 Å². The maximum atomic E-state index is 12.2. The van der Waals surface area contributed by atoms with E-state index in [1.807, 2.05) is 31.2 Å². The average Bonchev–Trinajstić information content (AvgIpc) is 3.08. The Hall–Kier alpha value is -3.28. The van der Waals surface area contributed by atoms with E-state index in [4.69, 9.17) is 9.47 Å². The summed E-state index contributed by atoms with van der Waals surface area (Å²) < 4.78 is 10.6. The van der Waals surface area contributed by atoms with Gasteiger partial charge in [0, 0.05) is 16.6 Å². The van der Waals surface area contributed by atoms with Crippen molar-refractivity contribution in [2.24, 2.45) is 0 Å². The molecule has 6 nitrogen and oxygen atoms in total. The van der Waals surface area contributed by atoms with Gasteiger partial charge in [-0.25, -0.2) is 4.79 Å². The maximum absolute atomic E-state index is 12.2. The van der Waals surface area contributed by atoms with E-state index < -0.39 is 18.0 Å². The van der Waals surface area contributed by atoms with Gasteiger partial charge in [-0.1, -0.05) is 18.2 Å². The molecule has 0 saturated carbocycles. The molecule has 0 bridgehead atoms. The van der Waals surface area contributed by atoms with E-state index >= 15 is 0 Å². The molecule has 2 N–H and O–H groups in total. The smallest absolute Gasteiger partial charge is 0.355 e. The van der Waals surface area contributed by atoms with E-state index in [0.717, 1.165) is 16.7 Å². The zero-order chi connectivity index (χ0) is 18.5. The molecule has 2 aromatic carbocycles. The third kappa shape index (κ3) is 4.03. The predicted octanol–water partition coefficient (Wildman–Crippen LogP) is 3.75. The Kier molecular flexibility index (Phi) is 5.22. The Labute approximate surface area is 151 Å². The zero-order valence-electron chi connectivity index (χ0n) is 14.6. The Balaban J connectivity index is 1.60. The molecule has 1 amide bonds. The molecular formula is C20H20N2O4. The highest BCUT2D eigenvalue weighted by Gasteiger charge is 2.20. The number of fused-ring (bicyclic) bond motifs is 1. The van der Waals surface area contributed by atoms with Crippen molar-refractivity contribution in [1.82, 2.24) is 4.98 Å². The minimum atomic E-state index is -0.930. The molecule has 0 saturated heterocycles. The standard InChI is InChI=1S/C20H20N2O4/c1-3-25-16-10-8-15(9-11-16)21-19(23)13(2)26-20(24)18-12-14-6-4-5-7-17(14)22-18/h4-13,22H,3H2,1-2H3,(H,21,23)/t13-/m1/s1. The lowest BCUT2D eigenvalue weighted by Gasteiger charge is -2.13. The van der Waals surface area contributed by atoms with Gasteiger partial charge in [0.15, 0.2) is 6.10 Å². The Morgan fingerprint density at radius 3 is 2.54 bits per heavy atom. The van der Waals surface area contributed by atoms with Crippen LogP contribution in [0, 0.1) is 0 Å². The normalized spacial score (nSPS) is 11.8. The van der Waals surface area contributed by atoms with Gasteiger partial charge in [-0.3, -0.25) is 4.79 Å². The molecule has 0 aliphatic heterocycles. The number of aromatic amines is 1. The fourth-order valence-electron chi connectivity index (χ4n) is 2.51. The molecule has 1 heterocycles. The number of benzene rings is 2. The molecule has 0 radical (unpaired) electrons. The van der Waals surface area contributed by atoms with Crippen LogP contribution < -0.4 is 10.1 Å². The van der Waals surface area contributed by atoms with Crippen LogP contribution in [0.3, 0.4) is 0 Å². The Morgan fingerprint density at radius 2 is 1.85 bits per heavy atom. The number of aromatic nitrogens is 1. The fourth-order valence-corrected chi connectivity index (χ4v) is 2.51. The third-order valence-corrected chi connectivity index (χ3v) is 3.84. The summed E-state index contributed by atoms with van der Waals surface area (Å²) >= 11 is 0. The highest BCUT2D eigenvalue weighted by Crippen LogP contribution is 2.17. The van der Waals surface area contributed by atoms with Crippen LogP contribution in [-0.2, 0) is 9.53 Å². The number of amides is 1. The first-order valence-electron chi connectivity index (χ1n) is 8.39. The van der Waals surface area contributed by atoms with Crippen molar-refractivity contribution < 1.29 is 19.1 Å². The first-order valence-corrected chi connectivity index (χ1v) is 8.39. The van der Waals surface area contributed by atoms with E-state index in [1.165, 1.54) is 6.92 Å². The van der Waals surface area contributed by atoms with E-state index in [1.54, 1.807) is 30.3 Å². The number of rotatable bonds is 6. The van der Waals surface area contributed by atoms with Gasteiger partial charge in [-0.2, -0.15) is 0 Å². The van der Waals surface area contributed by atoms with Gasteiger partial charge >= 0.3 is 5.97 Å². The maximum Gasteiger partial charge on any atom is 0.355 e. The van der Waals surface area contributed by atoms with Crippen LogP contribution in [0.5, 0.6) is 5.75 Å². The number of hydrogen-bond donors (Lipinski definition) is 2. The number of nitrogens with one attached hydrogen (secondary N) is 2. The van der Waals surface area contributed by atoms with E-state index in [-0.39, 0.29) is 0 Å². The summed E-state index contributed by atoms with van der Waals surface area (Å²) in [6.45, 7) is 4.01. The molecule has 0 spiro atoms. The largest absolute Gasteiger partial charge is 0.494 e. The van der Waals surface area contributed by atoms with Crippen LogP contribution >= 0.6 is 0 Å². The van der Waals surface area contributed by atoms with Crippen molar-refractivity contribution in [1.29, 1.82) is 0 Å². The number of carbonyl (C=O) groups excluding carboxylic acids is 2. The quantitative estimate of drug-likeness (QED) is 0.662. The summed E-state index contributed by atoms with van der Waals surface area (Å²) in [6.07, 6.45) is -0.930. The van der Waals surface area contributed by atoms with Gasteiger partial charge in [-0.15, -0.1) is 0 Å². The van der Waals surface area contributed by atoms with Gasteiger partial charge in [0.2, 0.25) is 0 Å². The second kappa shape index (κ2) is 7.74. The molecule has 0 fully saturated rings. The molecule has 0 unspecified atom stereocenters. The van der Waals surface area contributed by atoms with Gasteiger partial charge in [0.1, 0.15) is 11.4 Å². The molecule has 3 aromatic rings. The lowest BCUT2D eigenvalue weighted by molar-refractivity contribution is -0.123. The van der Waals surface area contributed by atoms with E-state index in [0.29, 0.717) is 18.0 Å². The van der Waals surface area contributed by atoms with Crippen LogP contribution in [0.15, 0.2) is 54.6 Å². The van der Waals surface area contributed by atoms with Crippen molar-refractivity contribution in [3.8, 4) is 5.75 Å². The monoisotopic (exact) mass is 352 g/mol. The molecule has 0 aliphatic rings. The van der Waals surface area contributed by atoms with Gasteiger partial charge in [0.25, 0.3) is 5.91 Å². The van der Waals surface area contributed by atoms with Crippen molar-refractivity contribution in [2.75, 3.05) is 11.9 Å². The minimum Gasteiger partial charge on any atom is -0.494 e. The second-order valence-electron chi connectivity index (χ2n) is 5.76. The van der Waals surface area contributed by atoms with Crippen molar-refractivity contribution in [3.63, 3.8) is 0 Å². The van der Waals surface area contributed by atoms with Gasteiger partial charge in [-0.05, 0) is 50.2 Å². The second-order valence-corrected chi connectivity index (χ2v) is 5.76. The van der Waals surface area contributed by atoms with Gasteiger partial charge < -0.3 is 19.8 Å². The summed E-state index contributed by atoms with van der Waals surface area (Å²) in [7, 11) is 0. The van der Waals surface area contributed by atoms with Crippen molar-refractivity contribution >= 4 is 28.5 Å². The number of anilines is 1. The topological polar surface area (TPSA) is 80.4 Å². The fraction of sp³-hybridized carbons (Fsp3) is 0.200. The molecule has 26 heavy (non-hydrogen) atoms. The van der Waals surface area contributed by atoms with Crippen LogP contribution in [-0.4, -0.2) is 29.6 Å². The van der Waals surface area contributed by atoms with Gasteiger partial charge in [0.05, 0.1) is 6.61 Å². The lowest BCUT2D eigenvalue weighted by Crippen LogP contribution is -2.30.